The van der Waals surface area contributed by atoms with Gasteiger partial charge in [-0.15, -0.1) is 0 Å². The molecule has 0 aromatic heterocycles. The molecule has 61 heavy (non-hydrogen) atoms. The van der Waals surface area contributed by atoms with Crippen molar-refractivity contribution in [1.82, 2.24) is 0 Å². The second-order valence-electron chi connectivity index (χ2n) is 15.6. The SMILES string of the molecule is C=Cc1c(C=C)c(/C=C\C)c2c(c1C=C)=CC=CC(N(c1ccc(-c3ccc(C)c(-c4ccccc4C)c3)cc1)c1cccc(C)c1)C=2.Cc1cccc(-c2ccccc2)c1. The van der Waals surface area contributed by atoms with Gasteiger partial charge in [-0.25, -0.2) is 0 Å². The Hall–Kier alpha value is -7.22. The van der Waals surface area contributed by atoms with Crippen LogP contribution >= 0.6 is 0 Å². The smallest absolute Gasteiger partial charge is 0.0718 e. The average Bonchev–Trinajstić information content (AvgIpc) is 3.50. The monoisotopic (exact) mass is 789 g/mol. The summed E-state index contributed by atoms with van der Waals surface area (Å²) in [4.78, 5) is 2.42. The molecule has 0 radical (unpaired) electrons. The van der Waals surface area contributed by atoms with Gasteiger partial charge in [-0.1, -0.05) is 189 Å². The Labute approximate surface area is 363 Å². The fourth-order valence-corrected chi connectivity index (χ4v) is 8.40. The van der Waals surface area contributed by atoms with Gasteiger partial charge in [-0.2, -0.15) is 0 Å². The summed E-state index contributed by atoms with van der Waals surface area (Å²) >= 11 is 0. The molecule has 0 spiro atoms. The summed E-state index contributed by atoms with van der Waals surface area (Å²) in [6.45, 7) is 23.2. The molecule has 0 heterocycles. The zero-order chi connectivity index (χ0) is 42.9. The van der Waals surface area contributed by atoms with Crippen LogP contribution in [-0.4, -0.2) is 6.04 Å². The molecule has 1 unspecified atom stereocenters. The van der Waals surface area contributed by atoms with Crippen molar-refractivity contribution < 1.29 is 0 Å². The molecule has 0 fully saturated rings. The molecule has 1 heteroatoms. The van der Waals surface area contributed by atoms with E-state index in [4.69, 9.17) is 0 Å². The normalized spacial score (nSPS) is 12.8. The maximum absolute atomic E-state index is 4.19. The van der Waals surface area contributed by atoms with Crippen LogP contribution in [0.15, 0.2) is 184 Å². The van der Waals surface area contributed by atoms with Gasteiger partial charge in [0, 0.05) is 11.4 Å². The van der Waals surface area contributed by atoms with Crippen LogP contribution in [0.1, 0.15) is 51.4 Å². The summed E-state index contributed by atoms with van der Waals surface area (Å²) in [6.07, 6.45) is 19.1. The van der Waals surface area contributed by atoms with Crippen molar-refractivity contribution in [3.8, 4) is 33.4 Å². The minimum atomic E-state index is -0.0592. The first-order chi connectivity index (χ1) is 29.7. The highest BCUT2D eigenvalue weighted by atomic mass is 15.2. The topological polar surface area (TPSA) is 3.24 Å². The van der Waals surface area contributed by atoms with Gasteiger partial charge in [0.15, 0.2) is 0 Å². The Balaban J connectivity index is 0.000000366. The second kappa shape index (κ2) is 19.2. The van der Waals surface area contributed by atoms with Gasteiger partial charge >= 0.3 is 0 Å². The van der Waals surface area contributed by atoms with Crippen LogP contribution in [0.4, 0.5) is 11.4 Å². The van der Waals surface area contributed by atoms with Gasteiger partial charge in [0.05, 0.1) is 6.04 Å². The van der Waals surface area contributed by atoms with Crippen molar-refractivity contribution in [2.24, 2.45) is 0 Å². The van der Waals surface area contributed by atoms with Crippen LogP contribution in [0.5, 0.6) is 0 Å². The van der Waals surface area contributed by atoms with Crippen molar-refractivity contribution in [2.75, 3.05) is 4.90 Å². The third-order valence-electron chi connectivity index (χ3n) is 11.5. The molecule has 1 nitrogen and oxygen atoms in total. The van der Waals surface area contributed by atoms with Gasteiger partial charge in [0.1, 0.15) is 0 Å². The van der Waals surface area contributed by atoms with Crippen molar-refractivity contribution in [1.29, 1.82) is 0 Å². The Morgan fingerprint density at radius 1 is 0.475 bits per heavy atom. The first kappa shape index (κ1) is 41.9. The van der Waals surface area contributed by atoms with Gasteiger partial charge < -0.3 is 4.90 Å². The quantitative estimate of drug-likeness (QED) is 0.133. The van der Waals surface area contributed by atoms with Gasteiger partial charge in [-0.05, 0) is 154 Å². The molecular formula is C60H55N. The summed E-state index contributed by atoms with van der Waals surface area (Å²) < 4.78 is 0. The molecule has 1 atom stereocenters. The predicted molar refractivity (Wildman–Crippen MR) is 269 cm³/mol. The fraction of sp³-hybridized carbons (Fsp3) is 0.100. The van der Waals surface area contributed by atoms with Crippen molar-refractivity contribution in [3.63, 3.8) is 0 Å². The highest BCUT2D eigenvalue weighted by Gasteiger charge is 2.21. The third-order valence-corrected chi connectivity index (χ3v) is 11.5. The molecule has 1 aliphatic carbocycles. The van der Waals surface area contributed by atoms with E-state index in [1.54, 1.807) is 0 Å². The van der Waals surface area contributed by atoms with Crippen LogP contribution in [0, 0.1) is 27.7 Å². The average molecular weight is 790 g/mol. The molecule has 0 aliphatic heterocycles. The molecule has 0 saturated heterocycles. The second-order valence-corrected chi connectivity index (χ2v) is 15.6. The first-order valence-electron chi connectivity index (χ1n) is 21.1. The molecule has 0 saturated carbocycles. The summed E-state index contributed by atoms with van der Waals surface area (Å²) in [7, 11) is 0. The number of rotatable bonds is 10. The molecule has 0 amide bonds. The van der Waals surface area contributed by atoms with E-state index >= 15 is 0 Å². The minimum absolute atomic E-state index is 0.0592. The number of aryl methyl sites for hydroxylation is 4. The molecule has 0 bridgehead atoms. The molecule has 7 aromatic carbocycles. The van der Waals surface area contributed by atoms with Gasteiger partial charge in [0.25, 0.3) is 0 Å². The van der Waals surface area contributed by atoms with Crippen molar-refractivity contribution >= 4 is 47.8 Å². The van der Waals surface area contributed by atoms with Crippen LogP contribution in [0.2, 0.25) is 0 Å². The maximum atomic E-state index is 4.19. The molecule has 1 aliphatic rings. The lowest BCUT2D eigenvalue weighted by Crippen LogP contribution is -2.36. The fourth-order valence-electron chi connectivity index (χ4n) is 8.40. The highest BCUT2D eigenvalue weighted by Crippen LogP contribution is 2.35. The zero-order valence-electron chi connectivity index (χ0n) is 36.2. The Bertz CT molecular complexity index is 2900. The van der Waals surface area contributed by atoms with Gasteiger partial charge in [0.2, 0.25) is 0 Å². The number of hydrogen-bond acceptors (Lipinski definition) is 1. The van der Waals surface area contributed by atoms with E-state index in [0.717, 1.165) is 44.1 Å². The number of fused-ring (bicyclic) bond motifs is 1. The standard InChI is InChI=1S/C47H43N.C13H12/c1-8-16-44-41(10-3)40(9-2)42(11-4)45-22-15-20-39(31-47(44)45)48(38-19-14-17-32(5)29-38)37-27-25-35(26-28-37)36-24-23-34(7)46(30-36)43-21-13-12-18-33(43)6;1-11-6-5-9-13(10-11)12-7-3-2-4-8-12/h8-31,39H,2-4H2,1,5-7H3;2-10H,1H3/b16-8-;. The molecular weight excluding hydrogens is 735 g/mol. The predicted octanol–water partition coefficient (Wildman–Crippen LogP) is 14.9. The van der Waals surface area contributed by atoms with Crippen LogP contribution in [0.25, 0.3) is 69.8 Å². The van der Waals surface area contributed by atoms with Gasteiger partial charge in [-0.3, -0.25) is 0 Å². The van der Waals surface area contributed by atoms with E-state index < -0.39 is 0 Å². The summed E-state index contributed by atoms with van der Waals surface area (Å²) in [5.41, 5.74) is 19.2. The lowest BCUT2D eigenvalue weighted by atomic mass is 9.90. The van der Waals surface area contributed by atoms with E-state index in [2.05, 4.69) is 235 Å². The number of nitrogens with zero attached hydrogens (tertiary/aromatic N) is 1. The molecule has 0 N–H and O–H groups in total. The van der Waals surface area contributed by atoms with E-state index in [-0.39, 0.29) is 6.04 Å². The van der Waals surface area contributed by atoms with E-state index in [1.165, 1.54) is 55.6 Å². The van der Waals surface area contributed by atoms with Crippen LogP contribution in [0.3, 0.4) is 0 Å². The molecule has 7 aromatic rings. The summed E-state index contributed by atoms with van der Waals surface area (Å²) in [6, 6.07) is 52.1. The number of anilines is 2. The Morgan fingerprint density at radius 3 is 1.74 bits per heavy atom. The number of allylic oxidation sites excluding steroid dienone is 2. The molecule has 300 valence electrons. The minimum Gasteiger partial charge on any atom is -0.331 e. The van der Waals surface area contributed by atoms with E-state index in [1.807, 2.05) is 24.3 Å². The Morgan fingerprint density at radius 2 is 1.07 bits per heavy atom. The highest BCUT2D eigenvalue weighted by molar-refractivity contribution is 5.83. The largest absolute Gasteiger partial charge is 0.331 e. The van der Waals surface area contributed by atoms with E-state index in [9.17, 15) is 0 Å². The zero-order valence-corrected chi connectivity index (χ0v) is 36.2. The lowest BCUT2D eigenvalue weighted by Gasteiger charge is -2.31. The lowest BCUT2D eigenvalue weighted by molar-refractivity contribution is 0.979. The van der Waals surface area contributed by atoms with E-state index in [0.29, 0.717) is 0 Å². The third kappa shape index (κ3) is 9.18. The Kier molecular flexibility index (Phi) is 13.2. The number of benzene rings is 7. The molecule has 8 rings (SSSR count). The number of hydrogen-bond donors (Lipinski definition) is 0. The maximum Gasteiger partial charge on any atom is 0.0718 e. The van der Waals surface area contributed by atoms with Crippen molar-refractivity contribution in [2.45, 2.75) is 40.7 Å². The summed E-state index contributed by atoms with van der Waals surface area (Å²) in [5.74, 6) is 0. The van der Waals surface area contributed by atoms with Crippen molar-refractivity contribution in [3.05, 3.63) is 239 Å². The first-order valence-corrected chi connectivity index (χ1v) is 21.1. The van der Waals surface area contributed by atoms with Crippen LogP contribution in [-0.2, 0) is 0 Å². The van der Waals surface area contributed by atoms with Crippen LogP contribution < -0.4 is 15.3 Å². The summed E-state index contributed by atoms with van der Waals surface area (Å²) in [5, 5.41) is 2.30.